The van der Waals surface area contributed by atoms with Crippen molar-refractivity contribution in [3.05, 3.63) is 23.8 Å². The maximum atomic E-state index is 9.98. The number of aliphatic hydroxyl groups excluding tert-OH is 1. The average molecular weight is 290 g/mol. The fourth-order valence-electron chi connectivity index (χ4n) is 5.32. The molecular formula is C20H34O. The first kappa shape index (κ1) is 16.8. The summed E-state index contributed by atoms with van der Waals surface area (Å²) in [5.41, 5.74) is 3.44. The summed E-state index contributed by atoms with van der Waals surface area (Å²) in [6, 6.07) is 0. The van der Waals surface area contributed by atoms with Gasteiger partial charge in [0.05, 0.1) is 0 Å². The zero-order valence-corrected chi connectivity index (χ0v) is 14.5. The molecule has 0 spiro atoms. The quantitative estimate of drug-likeness (QED) is 0.677. The van der Waals surface area contributed by atoms with E-state index in [0.717, 1.165) is 6.42 Å². The molecule has 0 aromatic rings. The molecule has 0 aliphatic heterocycles. The number of hydrogen-bond acceptors (Lipinski definition) is 1. The van der Waals surface area contributed by atoms with Crippen molar-refractivity contribution in [3.63, 3.8) is 0 Å². The first-order valence-corrected chi connectivity index (χ1v) is 8.77. The Morgan fingerprint density at radius 2 is 2.10 bits per heavy atom. The van der Waals surface area contributed by atoms with Gasteiger partial charge >= 0.3 is 0 Å². The topological polar surface area (TPSA) is 20.2 Å². The molecule has 2 aliphatic rings. The molecule has 1 heteroatoms. The molecule has 1 N–H and O–H groups in total. The molecule has 0 aromatic carbocycles. The lowest BCUT2D eigenvalue weighted by molar-refractivity contribution is -0.0858. The molecule has 2 aliphatic carbocycles. The lowest BCUT2D eigenvalue weighted by Gasteiger charge is -2.58. The highest BCUT2D eigenvalue weighted by Gasteiger charge is 2.53. The Balaban J connectivity index is 2.24. The maximum absolute atomic E-state index is 9.98. The first-order valence-electron chi connectivity index (χ1n) is 8.77. The molecule has 0 unspecified atom stereocenters. The fraction of sp³-hybridized carbons (Fsp3) is 0.800. The standard InChI is InChI=1S/C20H34O/c1-6-15(2)8-10-17-16(3)9-11-18-19(4,14-21)12-7-13-20(17,18)5/h6,17-18,21H,3,7-14H2,1-2,4-5H3/b15-6-/t17-,18-,19+,20+/m0/s1. The van der Waals surface area contributed by atoms with Crippen LogP contribution in [0.25, 0.3) is 0 Å². The number of allylic oxidation sites excluding steroid dienone is 3. The van der Waals surface area contributed by atoms with E-state index in [0.29, 0.717) is 23.9 Å². The smallest absolute Gasteiger partial charge is 0.0487 e. The average Bonchev–Trinajstić information content (AvgIpc) is 2.45. The summed E-state index contributed by atoms with van der Waals surface area (Å²) >= 11 is 0. The van der Waals surface area contributed by atoms with Crippen molar-refractivity contribution in [2.45, 2.75) is 72.6 Å². The molecule has 120 valence electrons. The summed E-state index contributed by atoms with van der Waals surface area (Å²) in [6.07, 6.45) is 10.8. The maximum Gasteiger partial charge on any atom is 0.0487 e. The minimum Gasteiger partial charge on any atom is -0.396 e. The molecular weight excluding hydrogens is 256 g/mol. The van der Waals surface area contributed by atoms with Gasteiger partial charge in [-0.25, -0.2) is 0 Å². The normalized spacial score (nSPS) is 41.0. The second-order valence-corrected chi connectivity index (χ2v) is 8.15. The van der Waals surface area contributed by atoms with E-state index in [9.17, 15) is 5.11 Å². The van der Waals surface area contributed by atoms with Crippen LogP contribution in [0, 0.1) is 22.7 Å². The Morgan fingerprint density at radius 1 is 1.38 bits per heavy atom. The zero-order chi connectivity index (χ0) is 15.7. The van der Waals surface area contributed by atoms with E-state index in [1.165, 1.54) is 49.7 Å². The molecule has 2 fully saturated rings. The van der Waals surface area contributed by atoms with Crippen LogP contribution >= 0.6 is 0 Å². The highest BCUT2D eigenvalue weighted by Crippen LogP contribution is 2.61. The second kappa shape index (κ2) is 6.28. The summed E-state index contributed by atoms with van der Waals surface area (Å²) in [6.45, 7) is 14.0. The van der Waals surface area contributed by atoms with E-state index in [2.05, 4.69) is 40.3 Å². The summed E-state index contributed by atoms with van der Waals surface area (Å²) in [7, 11) is 0. The molecule has 0 amide bonds. The number of hydrogen-bond donors (Lipinski definition) is 1. The molecule has 21 heavy (non-hydrogen) atoms. The van der Waals surface area contributed by atoms with Gasteiger partial charge in [0.25, 0.3) is 0 Å². The van der Waals surface area contributed by atoms with E-state index in [1.54, 1.807) is 0 Å². The van der Waals surface area contributed by atoms with Crippen molar-refractivity contribution in [2.75, 3.05) is 6.61 Å². The largest absolute Gasteiger partial charge is 0.396 e. The summed E-state index contributed by atoms with van der Waals surface area (Å²) in [5, 5.41) is 9.98. The van der Waals surface area contributed by atoms with Crippen LogP contribution in [0.3, 0.4) is 0 Å². The minimum atomic E-state index is 0.127. The number of rotatable bonds is 4. The monoisotopic (exact) mass is 290 g/mol. The van der Waals surface area contributed by atoms with Gasteiger partial charge in [-0.15, -0.1) is 0 Å². The van der Waals surface area contributed by atoms with Crippen molar-refractivity contribution < 1.29 is 5.11 Å². The highest BCUT2D eigenvalue weighted by molar-refractivity contribution is 5.17. The summed E-state index contributed by atoms with van der Waals surface area (Å²) < 4.78 is 0. The second-order valence-electron chi connectivity index (χ2n) is 8.15. The van der Waals surface area contributed by atoms with Gasteiger partial charge in [0.2, 0.25) is 0 Å². The first-order chi connectivity index (χ1) is 9.87. The predicted octanol–water partition coefficient (Wildman–Crippen LogP) is 5.50. The van der Waals surface area contributed by atoms with Gasteiger partial charge in [0, 0.05) is 6.61 Å². The zero-order valence-electron chi connectivity index (χ0n) is 14.5. The lowest BCUT2D eigenvalue weighted by atomic mass is 9.47. The van der Waals surface area contributed by atoms with Crippen LogP contribution in [-0.4, -0.2) is 11.7 Å². The molecule has 0 saturated heterocycles. The van der Waals surface area contributed by atoms with Crippen LogP contribution in [-0.2, 0) is 0 Å². The van der Waals surface area contributed by atoms with Crippen molar-refractivity contribution in [1.29, 1.82) is 0 Å². The van der Waals surface area contributed by atoms with E-state index < -0.39 is 0 Å². The third-order valence-electron chi connectivity index (χ3n) is 6.82. The van der Waals surface area contributed by atoms with Gasteiger partial charge < -0.3 is 5.11 Å². The van der Waals surface area contributed by atoms with Crippen molar-refractivity contribution >= 4 is 0 Å². The van der Waals surface area contributed by atoms with Gasteiger partial charge in [-0.3, -0.25) is 0 Å². The number of fused-ring (bicyclic) bond motifs is 1. The molecule has 0 bridgehead atoms. The Bertz CT molecular complexity index is 422. The van der Waals surface area contributed by atoms with Crippen LogP contribution in [0.5, 0.6) is 0 Å². The van der Waals surface area contributed by atoms with E-state index in [4.69, 9.17) is 0 Å². The van der Waals surface area contributed by atoms with Crippen LogP contribution in [0.1, 0.15) is 72.6 Å². The van der Waals surface area contributed by atoms with Crippen LogP contribution in [0.4, 0.5) is 0 Å². The van der Waals surface area contributed by atoms with Crippen LogP contribution in [0.2, 0.25) is 0 Å². The van der Waals surface area contributed by atoms with Crippen molar-refractivity contribution in [1.82, 2.24) is 0 Å². The van der Waals surface area contributed by atoms with Gasteiger partial charge in [-0.05, 0) is 75.0 Å². The molecule has 0 heterocycles. The minimum absolute atomic E-state index is 0.127. The highest BCUT2D eigenvalue weighted by atomic mass is 16.3. The fourth-order valence-corrected chi connectivity index (χ4v) is 5.32. The summed E-state index contributed by atoms with van der Waals surface area (Å²) in [4.78, 5) is 0. The van der Waals surface area contributed by atoms with Crippen LogP contribution < -0.4 is 0 Å². The lowest BCUT2D eigenvalue weighted by Crippen LogP contribution is -2.51. The van der Waals surface area contributed by atoms with Crippen LogP contribution in [0.15, 0.2) is 23.8 Å². The SMILES string of the molecule is C=C1CC[C@H]2[C@@](C)(CO)CCC[C@]2(C)[C@H]1CC/C(C)=C\C. The van der Waals surface area contributed by atoms with E-state index in [-0.39, 0.29) is 5.41 Å². The molecule has 0 radical (unpaired) electrons. The van der Waals surface area contributed by atoms with Crippen molar-refractivity contribution in [3.8, 4) is 0 Å². The van der Waals surface area contributed by atoms with E-state index in [1.807, 2.05) is 0 Å². The summed E-state index contributed by atoms with van der Waals surface area (Å²) in [5.74, 6) is 1.29. The predicted molar refractivity (Wildman–Crippen MR) is 91.2 cm³/mol. The van der Waals surface area contributed by atoms with Crippen molar-refractivity contribution in [2.24, 2.45) is 22.7 Å². The molecule has 4 atom stereocenters. The Hall–Kier alpha value is -0.560. The Morgan fingerprint density at radius 3 is 2.71 bits per heavy atom. The molecule has 0 aromatic heterocycles. The third-order valence-corrected chi connectivity index (χ3v) is 6.82. The Kier molecular flexibility index (Phi) is 5.03. The van der Waals surface area contributed by atoms with Gasteiger partial charge in [0.15, 0.2) is 0 Å². The Labute approximate surface area is 131 Å². The number of aliphatic hydroxyl groups is 1. The van der Waals surface area contributed by atoms with E-state index >= 15 is 0 Å². The van der Waals surface area contributed by atoms with Gasteiger partial charge in [-0.1, -0.05) is 44.1 Å². The van der Waals surface area contributed by atoms with Gasteiger partial charge in [-0.2, -0.15) is 0 Å². The molecule has 2 saturated carbocycles. The molecule has 1 nitrogen and oxygen atoms in total. The van der Waals surface area contributed by atoms with Gasteiger partial charge in [0.1, 0.15) is 0 Å². The third kappa shape index (κ3) is 2.99. The molecule has 2 rings (SSSR count).